The molecule has 3 aromatic rings. The lowest BCUT2D eigenvalue weighted by molar-refractivity contribution is 0.748. The molecule has 3 heteroatoms. The number of fused-ring (bicyclic) bond motifs is 1. The second-order valence-corrected chi connectivity index (χ2v) is 6.15. The molecule has 0 aliphatic carbocycles. The summed E-state index contributed by atoms with van der Waals surface area (Å²) < 4.78 is 0. The first-order valence-electron chi connectivity index (χ1n) is 8.61. The molecule has 0 atom stereocenters. The van der Waals surface area contributed by atoms with Gasteiger partial charge in [-0.2, -0.15) is 5.26 Å². The molecule has 122 valence electrons. The smallest absolute Gasteiger partial charge is 0.0991 e. The molecule has 0 fully saturated rings. The fourth-order valence-electron chi connectivity index (χ4n) is 3.18. The van der Waals surface area contributed by atoms with Crippen molar-refractivity contribution in [3.8, 4) is 17.3 Å². The zero-order valence-electron chi connectivity index (χ0n) is 14.1. The Hall–Kier alpha value is -2.57. The highest BCUT2D eigenvalue weighted by Crippen LogP contribution is 2.32. The maximum Gasteiger partial charge on any atom is 0.0991 e. The monoisotopic (exact) mass is 317 g/mol. The Morgan fingerprint density at radius 3 is 2.54 bits per heavy atom. The molecule has 3 N–H and O–H groups in total. The van der Waals surface area contributed by atoms with E-state index in [4.69, 9.17) is 5.73 Å². The maximum absolute atomic E-state index is 9.21. The van der Waals surface area contributed by atoms with Crippen molar-refractivity contribution >= 4 is 10.9 Å². The van der Waals surface area contributed by atoms with E-state index in [2.05, 4.69) is 42.2 Å². The van der Waals surface area contributed by atoms with Gasteiger partial charge in [0.15, 0.2) is 0 Å². The van der Waals surface area contributed by atoms with E-state index in [1.807, 2.05) is 18.2 Å². The highest BCUT2D eigenvalue weighted by molar-refractivity contribution is 5.91. The molecule has 1 heterocycles. The minimum absolute atomic E-state index is 0.703. The lowest BCUT2D eigenvalue weighted by atomic mass is 9.98. The summed E-state index contributed by atoms with van der Waals surface area (Å²) in [4.78, 5) is 3.56. The Balaban J connectivity index is 2.10. The van der Waals surface area contributed by atoms with Gasteiger partial charge in [-0.15, -0.1) is 0 Å². The first-order valence-corrected chi connectivity index (χ1v) is 8.61. The van der Waals surface area contributed by atoms with E-state index in [0.717, 1.165) is 36.6 Å². The molecule has 2 aromatic carbocycles. The van der Waals surface area contributed by atoms with Crippen LogP contribution in [0.1, 0.15) is 36.5 Å². The molecule has 0 unspecified atom stereocenters. The Morgan fingerprint density at radius 1 is 1.08 bits per heavy atom. The van der Waals surface area contributed by atoms with Crippen LogP contribution in [0.5, 0.6) is 0 Å². The molecule has 0 aliphatic heterocycles. The van der Waals surface area contributed by atoms with Crippen LogP contribution in [0, 0.1) is 11.3 Å². The molecular weight excluding hydrogens is 294 g/mol. The summed E-state index contributed by atoms with van der Waals surface area (Å²) in [7, 11) is 0. The number of nitrogens with two attached hydrogens (primary N) is 1. The first-order chi connectivity index (χ1) is 11.8. The van der Waals surface area contributed by atoms with Crippen LogP contribution in [0.3, 0.4) is 0 Å². The summed E-state index contributed by atoms with van der Waals surface area (Å²) in [6, 6.07) is 16.8. The average Bonchev–Trinajstić information content (AvgIpc) is 3.00. The van der Waals surface area contributed by atoms with Crippen molar-refractivity contribution in [3.63, 3.8) is 0 Å². The maximum atomic E-state index is 9.21. The van der Waals surface area contributed by atoms with Crippen LogP contribution in [0.15, 0.2) is 42.5 Å². The number of nitrogens with zero attached hydrogens (tertiary/aromatic N) is 1. The number of aromatic nitrogens is 1. The third-order valence-electron chi connectivity index (χ3n) is 4.57. The molecule has 0 aliphatic rings. The number of nitriles is 1. The lowest BCUT2D eigenvalue weighted by Crippen LogP contribution is -1.99. The molecule has 0 radical (unpaired) electrons. The quantitative estimate of drug-likeness (QED) is 0.655. The lowest BCUT2D eigenvalue weighted by Gasteiger charge is -2.06. The van der Waals surface area contributed by atoms with Crippen molar-refractivity contribution < 1.29 is 0 Å². The van der Waals surface area contributed by atoms with Gasteiger partial charge in [0.2, 0.25) is 0 Å². The van der Waals surface area contributed by atoms with Gasteiger partial charge in [-0.1, -0.05) is 31.2 Å². The summed E-state index contributed by atoms with van der Waals surface area (Å²) in [5.41, 5.74) is 12.4. The third kappa shape index (κ3) is 3.20. The van der Waals surface area contributed by atoms with E-state index in [-0.39, 0.29) is 0 Å². The summed E-state index contributed by atoms with van der Waals surface area (Å²) in [5.74, 6) is 0. The number of H-pyrrole nitrogens is 1. The number of aryl methyl sites for hydroxylation is 2. The average molecular weight is 317 g/mol. The minimum Gasteiger partial charge on any atom is -0.354 e. The van der Waals surface area contributed by atoms with Crippen LogP contribution >= 0.6 is 0 Å². The van der Waals surface area contributed by atoms with Crippen LogP contribution in [0.25, 0.3) is 22.2 Å². The second kappa shape index (κ2) is 7.33. The predicted molar refractivity (Wildman–Crippen MR) is 99.8 cm³/mol. The summed E-state index contributed by atoms with van der Waals surface area (Å²) in [6.07, 6.45) is 4.08. The SMILES string of the molecule is CCc1ccc(-c2[nH]c3ccc(C#N)cc3c2CCCCN)cc1. The van der Waals surface area contributed by atoms with Crippen LogP contribution in [-0.2, 0) is 12.8 Å². The highest BCUT2D eigenvalue weighted by Gasteiger charge is 2.13. The number of hydrogen-bond donors (Lipinski definition) is 2. The van der Waals surface area contributed by atoms with Gasteiger partial charge in [0.1, 0.15) is 0 Å². The fourth-order valence-corrected chi connectivity index (χ4v) is 3.18. The normalized spacial score (nSPS) is 10.9. The van der Waals surface area contributed by atoms with Crippen LogP contribution in [0.2, 0.25) is 0 Å². The van der Waals surface area contributed by atoms with E-state index in [1.54, 1.807) is 0 Å². The van der Waals surface area contributed by atoms with Gasteiger partial charge in [0, 0.05) is 16.6 Å². The topological polar surface area (TPSA) is 65.6 Å². The number of hydrogen-bond acceptors (Lipinski definition) is 2. The molecule has 0 spiro atoms. The van der Waals surface area contributed by atoms with Crippen LogP contribution in [-0.4, -0.2) is 11.5 Å². The first kappa shape index (κ1) is 16.3. The van der Waals surface area contributed by atoms with Gasteiger partial charge >= 0.3 is 0 Å². The Morgan fingerprint density at radius 2 is 1.88 bits per heavy atom. The zero-order valence-corrected chi connectivity index (χ0v) is 14.1. The number of rotatable bonds is 6. The highest BCUT2D eigenvalue weighted by atomic mass is 14.7. The largest absolute Gasteiger partial charge is 0.354 e. The molecular formula is C21H23N3. The molecule has 1 aromatic heterocycles. The number of unbranched alkanes of at least 4 members (excludes halogenated alkanes) is 1. The van der Waals surface area contributed by atoms with Crippen molar-refractivity contribution in [3.05, 3.63) is 59.2 Å². The molecule has 0 saturated heterocycles. The molecule has 0 saturated carbocycles. The second-order valence-electron chi connectivity index (χ2n) is 6.15. The van der Waals surface area contributed by atoms with E-state index < -0.39 is 0 Å². The van der Waals surface area contributed by atoms with Gasteiger partial charge < -0.3 is 10.7 Å². The van der Waals surface area contributed by atoms with Gasteiger partial charge in [-0.25, -0.2) is 0 Å². The summed E-state index contributed by atoms with van der Waals surface area (Å²) in [6.45, 7) is 2.88. The molecule has 24 heavy (non-hydrogen) atoms. The Labute approximate surface area is 143 Å². The van der Waals surface area contributed by atoms with Gasteiger partial charge in [-0.3, -0.25) is 0 Å². The van der Waals surface area contributed by atoms with E-state index in [9.17, 15) is 5.26 Å². The summed E-state index contributed by atoms with van der Waals surface area (Å²) >= 11 is 0. The molecule has 0 amide bonds. The van der Waals surface area contributed by atoms with Gasteiger partial charge in [-0.05, 0) is 67.1 Å². The van der Waals surface area contributed by atoms with Crippen molar-refractivity contribution in [2.24, 2.45) is 5.73 Å². The van der Waals surface area contributed by atoms with Crippen LogP contribution < -0.4 is 5.73 Å². The minimum atomic E-state index is 0.703. The Bertz CT molecular complexity index is 866. The summed E-state index contributed by atoms with van der Waals surface area (Å²) in [5, 5.41) is 10.4. The molecule has 3 rings (SSSR count). The van der Waals surface area contributed by atoms with Crippen molar-refractivity contribution in [2.75, 3.05) is 6.54 Å². The third-order valence-corrected chi connectivity index (χ3v) is 4.57. The number of benzene rings is 2. The fraction of sp³-hybridized carbons (Fsp3) is 0.286. The zero-order chi connectivity index (χ0) is 16.9. The predicted octanol–water partition coefficient (Wildman–Crippen LogP) is 4.55. The Kier molecular flexibility index (Phi) is 4.98. The van der Waals surface area contributed by atoms with Gasteiger partial charge in [0.25, 0.3) is 0 Å². The van der Waals surface area contributed by atoms with Crippen molar-refractivity contribution in [1.29, 1.82) is 5.26 Å². The molecule has 3 nitrogen and oxygen atoms in total. The standard InChI is InChI=1S/C21H23N3/c1-2-15-6-9-17(10-7-15)21-18(5-3-4-12-22)19-13-16(14-23)8-11-20(19)24-21/h6-11,13,24H,2-5,12,22H2,1H3. The van der Waals surface area contributed by atoms with E-state index in [1.165, 1.54) is 22.4 Å². The molecule has 0 bridgehead atoms. The number of aromatic amines is 1. The van der Waals surface area contributed by atoms with E-state index >= 15 is 0 Å². The van der Waals surface area contributed by atoms with Crippen molar-refractivity contribution in [1.82, 2.24) is 4.98 Å². The number of nitrogens with one attached hydrogen (secondary N) is 1. The van der Waals surface area contributed by atoms with E-state index in [0.29, 0.717) is 12.1 Å². The van der Waals surface area contributed by atoms with Gasteiger partial charge in [0.05, 0.1) is 11.6 Å². The van der Waals surface area contributed by atoms with Crippen LogP contribution in [0.4, 0.5) is 0 Å². The van der Waals surface area contributed by atoms with Crippen molar-refractivity contribution in [2.45, 2.75) is 32.6 Å².